The zero-order valence-electron chi connectivity index (χ0n) is 23.3. The first-order valence-electron chi connectivity index (χ1n) is 13.7. The zero-order valence-corrected chi connectivity index (χ0v) is 23.3. The fourth-order valence-electron chi connectivity index (χ4n) is 5.36. The lowest BCUT2D eigenvalue weighted by Gasteiger charge is -2.29. The summed E-state index contributed by atoms with van der Waals surface area (Å²) >= 11 is 0. The lowest BCUT2D eigenvalue weighted by atomic mass is 9.90. The second-order valence-corrected chi connectivity index (χ2v) is 9.90. The number of amides is 2. The van der Waals surface area contributed by atoms with Gasteiger partial charge < -0.3 is 14.2 Å². The monoisotopic (exact) mass is 582 g/mol. The summed E-state index contributed by atoms with van der Waals surface area (Å²) in [5.74, 6) is -1.94. The van der Waals surface area contributed by atoms with Crippen molar-refractivity contribution in [3.05, 3.63) is 114 Å². The molecular formula is C33H27FN2O7. The number of fused-ring (bicyclic) bond motifs is 1. The minimum atomic E-state index is -1.06. The van der Waals surface area contributed by atoms with E-state index in [1.807, 2.05) is 37.3 Å². The Morgan fingerprint density at radius 3 is 2.26 bits per heavy atom. The maximum absolute atomic E-state index is 14.0. The molecular weight excluding hydrogens is 555 g/mol. The van der Waals surface area contributed by atoms with Crippen molar-refractivity contribution in [1.29, 1.82) is 0 Å². The van der Waals surface area contributed by atoms with Gasteiger partial charge in [0.1, 0.15) is 17.5 Å². The number of methoxy groups -OCH3 is 1. The number of carbonyl (C=O) groups is 3. The van der Waals surface area contributed by atoms with Gasteiger partial charge in [0.25, 0.3) is 5.91 Å². The van der Waals surface area contributed by atoms with Crippen LogP contribution in [0, 0.1) is 11.7 Å². The molecule has 6 rings (SSSR count). The van der Waals surface area contributed by atoms with Crippen LogP contribution >= 0.6 is 0 Å². The number of nitrogens with zero attached hydrogens (tertiary/aromatic N) is 2. The van der Waals surface area contributed by atoms with E-state index in [0.717, 1.165) is 4.90 Å². The number of hydrogen-bond acceptors (Lipinski definition) is 8. The van der Waals surface area contributed by atoms with Gasteiger partial charge in [0.2, 0.25) is 5.91 Å². The molecule has 4 aromatic rings. The van der Waals surface area contributed by atoms with Crippen LogP contribution in [0.25, 0.3) is 0 Å². The number of rotatable bonds is 8. The van der Waals surface area contributed by atoms with Crippen molar-refractivity contribution in [1.82, 2.24) is 0 Å². The van der Waals surface area contributed by atoms with Crippen molar-refractivity contribution >= 4 is 29.2 Å². The van der Waals surface area contributed by atoms with Crippen molar-refractivity contribution in [2.24, 2.45) is 5.92 Å². The Morgan fingerprint density at radius 1 is 0.860 bits per heavy atom. The van der Waals surface area contributed by atoms with Crippen molar-refractivity contribution in [2.45, 2.75) is 19.1 Å². The van der Waals surface area contributed by atoms with Crippen LogP contribution in [0.15, 0.2) is 97.1 Å². The average molecular weight is 583 g/mol. The first-order chi connectivity index (χ1) is 20.9. The molecule has 0 bridgehead atoms. The highest BCUT2D eigenvalue weighted by molar-refractivity contribution is 6.24. The summed E-state index contributed by atoms with van der Waals surface area (Å²) < 4.78 is 29.9. The third-order valence-corrected chi connectivity index (χ3v) is 7.34. The number of imide groups is 1. The topological polar surface area (TPSA) is 94.6 Å². The third-order valence-electron chi connectivity index (χ3n) is 7.34. The smallest absolute Gasteiger partial charge is 0.343 e. The summed E-state index contributed by atoms with van der Waals surface area (Å²) in [4.78, 5) is 47.7. The Bertz CT molecular complexity index is 1660. The van der Waals surface area contributed by atoms with Crippen LogP contribution in [0.1, 0.15) is 28.9 Å². The van der Waals surface area contributed by atoms with Gasteiger partial charge in [-0.25, -0.2) is 19.1 Å². The molecule has 0 unspecified atom stereocenters. The van der Waals surface area contributed by atoms with Crippen molar-refractivity contribution < 1.29 is 37.8 Å². The van der Waals surface area contributed by atoms with E-state index >= 15 is 0 Å². The minimum Gasteiger partial charge on any atom is -0.494 e. The molecule has 0 aliphatic carbocycles. The molecule has 43 heavy (non-hydrogen) atoms. The molecule has 4 aromatic carbocycles. The van der Waals surface area contributed by atoms with Crippen LogP contribution in [0.4, 0.5) is 15.8 Å². The molecule has 0 N–H and O–H groups in total. The summed E-state index contributed by atoms with van der Waals surface area (Å²) in [5, 5.41) is 1.57. The van der Waals surface area contributed by atoms with Crippen LogP contribution in [0.3, 0.4) is 0 Å². The summed E-state index contributed by atoms with van der Waals surface area (Å²) in [6.45, 7) is 2.36. The lowest BCUT2D eigenvalue weighted by molar-refractivity contribution is -0.126. The van der Waals surface area contributed by atoms with E-state index in [4.69, 9.17) is 19.0 Å². The molecule has 2 heterocycles. The van der Waals surface area contributed by atoms with E-state index in [1.54, 1.807) is 47.5 Å². The van der Waals surface area contributed by atoms with Gasteiger partial charge in [-0.1, -0.05) is 24.3 Å². The van der Waals surface area contributed by atoms with Crippen molar-refractivity contribution in [2.75, 3.05) is 23.7 Å². The van der Waals surface area contributed by atoms with E-state index in [0.29, 0.717) is 29.3 Å². The van der Waals surface area contributed by atoms with E-state index in [2.05, 4.69) is 0 Å². The van der Waals surface area contributed by atoms with Gasteiger partial charge in [-0.2, -0.15) is 0 Å². The number of anilines is 2. The van der Waals surface area contributed by atoms with Gasteiger partial charge >= 0.3 is 5.97 Å². The molecule has 2 aliphatic rings. The Kier molecular flexibility index (Phi) is 7.52. The standard InChI is InChI=1S/C33H27FN2O7/c1-3-41-25-16-14-23(15-17-25)35-31(37)28-29(36(43-30(28)32(35)38)24-7-5-4-6-8-24)21-11-18-26(27(19-21)40-2)42-33(39)20-9-12-22(34)13-10-20/h4-19,28-30H,3H2,1-2H3/t28-,29-,30-/m1/s1. The number of hydroxylamine groups is 1. The van der Waals surface area contributed by atoms with Gasteiger partial charge in [0.15, 0.2) is 17.6 Å². The molecule has 2 fully saturated rings. The average Bonchev–Trinajstić information content (AvgIpc) is 3.54. The summed E-state index contributed by atoms with van der Waals surface area (Å²) in [7, 11) is 1.43. The Balaban J connectivity index is 1.34. The number of halogens is 1. The van der Waals surface area contributed by atoms with E-state index in [-0.39, 0.29) is 17.1 Å². The van der Waals surface area contributed by atoms with Gasteiger partial charge in [0, 0.05) is 0 Å². The molecule has 2 amide bonds. The molecule has 218 valence electrons. The molecule has 0 radical (unpaired) electrons. The molecule has 0 spiro atoms. The number of esters is 1. The molecule has 0 aromatic heterocycles. The fourth-order valence-corrected chi connectivity index (χ4v) is 5.36. The maximum Gasteiger partial charge on any atom is 0.343 e. The van der Waals surface area contributed by atoms with Crippen molar-refractivity contribution in [3.8, 4) is 17.2 Å². The molecule has 10 heteroatoms. The van der Waals surface area contributed by atoms with E-state index in [9.17, 15) is 18.8 Å². The largest absolute Gasteiger partial charge is 0.494 e. The van der Waals surface area contributed by atoms with Crippen molar-refractivity contribution in [3.63, 3.8) is 0 Å². The third kappa shape index (κ3) is 5.17. The SMILES string of the molecule is CCOc1ccc(N2C(=O)[C@@H]3[C@@H](c4ccc(OC(=O)c5ccc(F)cc5)c(OC)c4)N(c4ccccc4)O[C@H]3C2=O)cc1. The van der Waals surface area contributed by atoms with Gasteiger partial charge in [-0.15, -0.1) is 0 Å². The van der Waals surface area contributed by atoms with E-state index < -0.39 is 41.7 Å². The zero-order chi connectivity index (χ0) is 30.1. The number of ether oxygens (including phenoxy) is 3. The highest BCUT2D eigenvalue weighted by Crippen LogP contribution is 2.48. The predicted molar refractivity (Wildman–Crippen MR) is 154 cm³/mol. The number of para-hydroxylation sites is 1. The maximum atomic E-state index is 14.0. The fraction of sp³-hybridized carbons (Fsp3) is 0.182. The lowest BCUT2D eigenvalue weighted by Crippen LogP contribution is -2.37. The first-order valence-corrected chi connectivity index (χ1v) is 13.7. The van der Waals surface area contributed by atoms with Crippen LogP contribution in [-0.2, 0) is 14.4 Å². The van der Waals surface area contributed by atoms with E-state index in [1.165, 1.54) is 31.4 Å². The number of benzene rings is 4. The molecule has 2 saturated heterocycles. The van der Waals surface area contributed by atoms with Crippen LogP contribution in [-0.4, -0.2) is 37.6 Å². The summed E-state index contributed by atoms with van der Waals surface area (Å²) in [6, 6.07) is 25.1. The first kappa shape index (κ1) is 27.9. The second kappa shape index (κ2) is 11.6. The molecule has 3 atom stereocenters. The Labute approximate surface area is 246 Å². The quantitative estimate of drug-likeness (QED) is 0.153. The molecule has 0 saturated carbocycles. The van der Waals surface area contributed by atoms with Gasteiger partial charge in [0.05, 0.1) is 36.7 Å². The normalized spacial score (nSPS) is 19.4. The van der Waals surface area contributed by atoms with Crippen LogP contribution in [0.5, 0.6) is 17.2 Å². The number of carbonyl (C=O) groups excluding carboxylic acids is 3. The minimum absolute atomic E-state index is 0.132. The summed E-state index contributed by atoms with van der Waals surface area (Å²) in [6.07, 6.45) is -1.06. The van der Waals surface area contributed by atoms with Crippen LogP contribution in [0.2, 0.25) is 0 Å². The summed E-state index contributed by atoms with van der Waals surface area (Å²) in [5.41, 5.74) is 1.84. The number of hydrogen-bond donors (Lipinski definition) is 0. The van der Waals surface area contributed by atoms with Crippen LogP contribution < -0.4 is 24.2 Å². The molecule has 2 aliphatic heterocycles. The Hall–Kier alpha value is -5.22. The Morgan fingerprint density at radius 2 is 1.58 bits per heavy atom. The van der Waals surface area contributed by atoms with Gasteiger partial charge in [-0.05, 0) is 85.3 Å². The highest BCUT2D eigenvalue weighted by atomic mass is 19.1. The highest BCUT2D eigenvalue weighted by Gasteiger charge is 2.60. The van der Waals surface area contributed by atoms with Gasteiger partial charge in [-0.3, -0.25) is 14.4 Å². The molecule has 9 nitrogen and oxygen atoms in total. The predicted octanol–water partition coefficient (Wildman–Crippen LogP) is 5.50. The second-order valence-electron chi connectivity index (χ2n) is 9.90.